The number of likely N-dealkylation sites (N-methyl/N-ethyl adjacent to an activating group) is 1. The zero-order valence-corrected chi connectivity index (χ0v) is 49.0. The van der Waals surface area contributed by atoms with Crippen molar-refractivity contribution in [1.29, 1.82) is 0 Å². The highest BCUT2D eigenvalue weighted by Gasteiger charge is 2.53. The first-order valence-electron chi connectivity index (χ1n) is 27.5. The van der Waals surface area contributed by atoms with Crippen LogP contribution >= 0.6 is 23.1 Å². The molecule has 18 atom stereocenters. The summed E-state index contributed by atoms with van der Waals surface area (Å²) >= 11 is 3.41. The summed E-state index contributed by atoms with van der Waals surface area (Å²) in [7, 11) is 5.27. The van der Waals surface area contributed by atoms with Crippen LogP contribution in [-0.2, 0) is 38.0 Å². The molecule has 6 N–H and O–H groups in total. The van der Waals surface area contributed by atoms with Crippen molar-refractivity contribution >= 4 is 41.1 Å². The first kappa shape index (κ1) is 61.3. The van der Waals surface area contributed by atoms with Crippen molar-refractivity contribution in [3.8, 4) is 21.6 Å². The predicted molar refractivity (Wildman–Crippen MR) is 299 cm³/mol. The molecule has 0 spiro atoms. The number of hydrogen-bond donors (Lipinski definition) is 6. The van der Waals surface area contributed by atoms with Gasteiger partial charge in [-0.05, 0) is 124 Å². The van der Waals surface area contributed by atoms with E-state index < -0.39 is 96.0 Å². The number of aliphatic hydroxyl groups is 5. The molecular formula is C59H87N3O13S2. The van der Waals surface area contributed by atoms with E-state index >= 15 is 0 Å². The molecule has 3 saturated heterocycles. The molecule has 3 fully saturated rings. The number of rotatable bonds is 13. The molecule has 0 saturated carbocycles. The van der Waals surface area contributed by atoms with E-state index in [4.69, 9.17) is 28.4 Å². The molecule has 4 aliphatic heterocycles. The highest BCUT2D eigenvalue weighted by Crippen LogP contribution is 2.51. The summed E-state index contributed by atoms with van der Waals surface area (Å²) < 4.78 is 38.3. The summed E-state index contributed by atoms with van der Waals surface area (Å²) in [6.45, 7) is 18.6. The van der Waals surface area contributed by atoms with E-state index in [-0.39, 0.29) is 43.2 Å². The molecule has 1 amide bonds. The third-order valence-electron chi connectivity index (χ3n) is 16.6. The van der Waals surface area contributed by atoms with Crippen molar-refractivity contribution in [2.24, 2.45) is 17.8 Å². The number of cyclic esters (lactones) is 1. The summed E-state index contributed by atoms with van der Waals surface area (Å²) in [6, 6.07) is 17.9. The SMILES string of the molecule is CC[C@H]1OC(=O)[C@H](C)[C@@H](O[C@@H]2C[C@@](C)(OC)[C@@H](O)[C@@H](C)O2)[C@H](C)[C@@H](O[C@@H]2O[C@H](C)C[C@H](N(C)C)[C@H]2O)[C@](C)(O)C[C@@H](C)CN(CCCNC(=O)/C=C/c2cc3c(s2)-c2ccccc2Sc2ccccc2-3)[C@H](C)[C@@H](O)[C@]1(C)O. The van der Waals surface area contributed by atoms with Crippen LogP contribution in [0.1, 0.15) is 106 Å². The Kier molecular flexibility index (Phi) is 20.4. The maximum atomic E-state index is 14.7. The number of amides is 1. The van der Waals surface area contributed by atoms with Crippen molar-refractivity contribution in [2.45, 2.75) is 201 Å². The fourth-order valence-electron chi connectivity index (χ4n) is 12.1. The van der Waals surface area contributed by atoms with E-state index in [1.165, 1.54) is 29.4 Å². The predicted octanol–water partition coefficient (Wildman–Crippen LogP) is 7.35. The standard InChI is InChI=1S/C59H87N3O13S2/c1-14-46-59(10,69)52(65)37(6)62(27-19-26-60-47(63)25-24-39-29-42-40-20-15-17-22-44(40)77-45-23-18-16-21-41(45)51(42)76-39)32-33(2)30-57(8,68)54(75-56-49(64)43(61(11)12)28-34(3)71-56)35(4)50(36(5)55(67)73-46)74-48-31-58(9,70-13)53(66)38(7)72-48/h15-18,20-25,29,33-38,43,46,48-50,52-54,56,64-66,68-69H,14,19,26-28,30-32H2,1-13H3,(H,60,63)/b25-24+/t33-,34-,35+,36-,37-,38-,43+,46-,48-,49-,50+,52-,53+,54-,56+,57-,58-,59-/m1/s1. The lowest BCUT2D eigenvalue weighted by Gasteiger charge is -2.48. The van der Waals surface area contributed by atoms with Gasteiger partial charge in [-0.2, -0.15) is 0 Å². The van der Waals surface area contributed by atoms with Gasteiger partial charge in [0.1, 0.15) is 30.0 Å². The lowest BCUT2D eigenvalue weighted by molar-refractivity contribution is -0.318. The van der Waals surface area contributed by atoms with Gasteiger partial charge in [0.15, 0.2) is 12.6 Å². The lowest BCUT2D eigenvalue weighted by atomic mass is 9.77. The summed E-state index contributed by atoms with van der Waals surface area (Å²) in [5.74, 6) is -3.15. The fourth-order valence-corrected chi connectivity index (χ4v) is 14.4. The van der Waals surface area contributed by atoms with Crippen LogP contribution in [-0.4, -0.2) is 178 Å². The van der Waals surface area contributed by atoms with E-state index in [1.807, 2.05) is 63.7 Å². The molecule has 3 aromatic rings. The van der Waals surface area contributed by atoms with Crippen LogP contribution < -0.4 is 5.32 Å². The minimum absolute atomic E-state index is 0.0970. The quantitative estimate of drug-likeness (QED) is 0.0439. The van der Waals surface area contributed by atoms with Gasteiger partial charge < -0.3 is 64.2 Å². The van der Waals surface area contributed by atoms with Gasteiger partial charge >= 0.3 is 5.97 Å². The van der Waals surface area contributed by atoms with Crippen molar-refractivity contribution in [3.05, 3.63) is 65.6 Å². The van der Waals surface area contributed by atoms with E-state index in [1.54, 1.807) is 63.8 Å². The summed E-state index contributed by atoms with van der Waals surface area (Å²) in [6.07, 6.45) is -5.23. The average Bonchev–Trinajstić information content (AvgIpc) is 3.77. The maximum Gasteiger partial charge on any atom is 0.311 e. The van der Waals surface area contributed by atoms with Crippen LogP contribution in [0, 0.1) is 17.8 Å². The third-order valence-corrected chi connectivity index (χ3v) is 18.9. The monoisotopic (exact) mass is 1110 g/mol. The molecule has 77 heavy (non-hydrogen) atoms. The zero-order valence-electron chi connectivity index (χ0n) is 47.4. The average molecular weight is 1110 g/mol. The Labute approximate surface area is 464 Å². The van der Waals surface area contributed by atoms with Crippen molar-refractivity contribution < 1.29 is 63.5 Å². The van der Waals surface area contributed by atoms with Gasteiger partial charge in [0.05, 0.1) is 41.5 Å². The van der Waals surface area contributed by atoms with Crippen molar-refractivity contribution in [1.82, 2.24) is 15.1 Å². The number of benzene rings is 2. The van der Waals surface area contributed by atoms with Gasteiger partial charge in [-0.25, -0.2) is 0 Å². The van der Waals surface area contributed by atoms with Gasteiger partial charge in [0.25, 0.3) is 0 Å². The Balaban J connectivity index is 1.14. The molecule has 7 rings (SSSR count). The lowest BCUT2D eigenvalue weighted by Crippen LogP contribution is -2.60. The zero-order chi connectivity index (χ0) is 56.3. The summed E-state index contributed by atoms with van der Waals surface area (Å²) in [4.78, 5) is 36.5. The van der Waals surface area contributed by atoms with Gasteiger partial charge in [-0.15, -0.1) is 11.3 Å². The molecule has 1 aromatic heterocycles. The number of methoxy groups -OCH3 is 1. The number of nitrogens with one attached hydrogen (secondary N) is 1. The molecule has 4 aliphatic rings. The van der Waals surface area contributed by atoms with E-state index in [9.17, 15) is 35.1 Å². The Morgan fingerprint density at radius 3 is 2.23 bits per heavy atom. The second kappa shape index (κ2) is 25.6. The minimum Gasteiger partial charge on any atom is -0.459 e. The molecule has 5 heterocycles. The molecule has 0 radical (unpaired) electrons. The molecule has 0 aliphatic carbocycles. The third kappa shape index (κ3) is 13.9. The topological polar surface area (TPSA) is 209 Å². The number of thiophene rings is 1. The van der Waals surface area contributed by atoms with Crippen LogP contribution in [0.2, 0.25) is 0 Å². The van der Waals surface area contributed by atoms with Crippen LogP contribution in [0.4, 0.5) is 0 Å². The Morgan fingerprint density at radius 1 is 0.909 bits per heavy atom. The first-order chi connectivity index (χ1) is 36.3. The summed E-state index contributed by atoms with van der Waals surface area (Å²) in [5, 5.41) is 63.5. The minimum atomic E-state index is -1.93. The second-order valence-corrected chi connectivity index (χ2v) is 25.4. The number of nitrogens with zero attached hydrogens (tertiary/aromatic N) is 2. The molecule has 428 valence electrons. The smallest absolute Gasteiger partial charge is 0.311 e. The number of carbonyl (C=O) groups excluding carboxylic acids is 2. The van der Waals surface area contributed by atoms with Crippen LogP contribution in [0.3, 0.4) is 0 Å². The Hall–Kier alpha value is -3.31. The number of hydrogen-bond acceptors (Lipinski definition) is 17. The van der Waals surface area contributed by atoms with Crippen molar-refractivity contribution in [2.75, 3.05) is 40.8 Å². The van der Waals surface area contributed by atoms with Gasteiger partial charge in [0, 0.05) is 87.9 Å². The molecule has 18 heteroatoms. The molecule has 16 nitrogen and oxygen atoms in total. The second-order valence-electron chi connectivity index (χ2n) is 23.2. The van der Waals surface area contributed by atoms with Crippen molar-refractivity contribution in [3.63, 3.8) is 0 Å². The van der Waals surface area contributed by atoms with Crippen LogP contribution in [0.15, 0.2) is 70.5 Å². The largest absolute Gasteiger partial charge is 0.459 e. The molecule has 0 bridgehead atoms. The first-order valence-corrected chi connectivity index (χ1v) is 29.2. The fraction of sp³-hybridized carbons (Fsp3) is 0.661. The number of carbonyl (C=O) groups is 2. The summed E-state index contributed by atoms with van der Waals surface area (Å²) in [5.41, 5.74) is -1.20. The molecule has 2 aromatic carbocycles. The molecule has 0 unspecified atom stereocenters. The number of fused-ring (bicyclic) bond motifs is 5. The van der Waals surface area contributed by atoms with Crippen LogP contribution in [0.5, 0.6) is 0 Å². The normalized spacial score (nSPS) is 37.7. The highest BCUT2D eigenvalue weighted by molar-refractivity contribution is 7.99. The Morgan fingerprint density at radius 2 is 1.57 bits per heavy atom. The van der Waals surface area contributed by atoms with E-state index in [0.29, 0.717) is 32.5 Å². The Bertz CT molecular complexity index is 2420. The van der Waals surface area contributed by atoms with E-state index in [2.05, 4.69) is 53.8 Å². The number of esters is 1. The van der Waals surface area contributed by atoms with Crippen LogP contribution in [0.25, 0.3) is 27.6 Å². The number of aliphatic hydroxyl groups excluding tert-OH is 3. The van der Waals surface area contributed by atoms with E-state index in [0.717, 1.165) is 20.9 Å². The highest BCUT2D eigenvalue weighted by atomic mass is 32.2. The van der Waals surface area contributed by atoms with Gasteiger partial charge in [-0.3, -0.25) is 14.5 Å². The molecular weight excluding hydrogens is 1020 g/mol. The van der Waals surface area contributed by atoms with Gasteiger partial charge in [-0.1, -0.05) is 68.9 Å². The number of ether oxygens (including phenoxy) is 6. The van der Waals surface area contributed by atoms with Gasteiger partial charge in [0.2, 0.25) is 5.91 Å². The maximum absolute atomic E-state index is 14.7.